The fourth-order valence-corrected chi connectivity index (χ4v) is 2.58. The Balaban J connectivity index is 1.53. The van der Waals surface area contributed by atoms with E-state index in [1.54, 1.807) is 12.5 Å². The Hall–Kier alpha value is -2.73. The van der Waals surface area contributed by atoms with Crippen molar-refractivity contribution in [1.82, 2.24) is 19.9 Å². The van der Waals surface area contributed by atoms with Crippen LogP contribution in [0, 0.1) is 5.92 Å². The van der Waals surface area contributed by atoms with Crippen molar-refractivity contribution in [2.24, 2.45) is 5.92 Å². The lowest BCUT2D eigenvalue weighted by Gasteiger charge is -2.08. The number of amides is 1. The molecule has 3 rings (SSSR count). The lowest BCUT2D eigenvalue weighted by atomic mass is 10.2. The van der Waals surface area contributed by atoms with Crippen molar-refractivity contribution in [3.05, 3.63) is 54.5 Å². The summed E-state index contributed by atoms with van der Waals surface area (Å²) in [4.78, 5) is 20.7. The van der Waals surface area contributed by atoms with Crippen LogP contribution >= 0.6 is 0 Å². The topological polar surface area (TPSA) is 69.0 Å². The van der Waals surface area contributed by atoms with Crippen LogP contribution in [-0.4, -0.2) is 33.7 Å². The van der Waals surface area contributed by atoms with Crippen LogP contribution in [0.5, 0.6) is 0 Å². The largest absolute Gasteiger partial charge is 0.381 e. The predicted octanol–water partition coefficient (Wildman–Crippen LogP) is 3.10. The number of ether oxygens (including phenoxy) is 1. The second-order valence-corrected chi connectivity index (χ2v) is 6.62. The van der Waals surface area contributed by atoms with Crippen molar-refractivity contribution >= 4 is 16.9 Å². The van der Waals surface area contributed by atoms with Gasteiger partial charge >= 0.3 is 0 Å². The van der Waals surface area contributed by atoms with Gasteiger partial charge in [0.25, 0.3) is 0 Å². The zero-order chi connectivity index (χ0) is 18.4. The SMILES string of the molecule is CC(C)COCCC(=O)NCc1ccc(-n2cnc3ccccc32)nc1. The van der Waals surface area contributed by atoms with E-state index in [-0.39, 0.29) is 5.91 Å². The highest BCUT2D eigenvalue weighted by molar-refractivity contribution is 5.77. The summed E-state index contributed by atoms with van der Waals surface area (Å²) < 4.78 is 7.38. The molecule has 0 saturated carbocycles. The average Bonchev–Trinajstić information content (AvgIpc) is 3.08. The molecule has 0 aliphatic heterocycles. The van der Waals surface area contributed by atoms with Crippen molar-refractivity contribution in [1.29, 1.82) is 0 Å². The molecule has 1 aromatic carbocycles. The van der Waals surface area contributed by atoms with E-state index in [9.17, 15) is 4.79 Å². The number of hydrogen-bond donors (Lipinski definition) is 1. The molecule has 26 heavy (non-hydrogen) atoms. The minimum atomic E-state index is -0.0153. The predicted molar refractivity (Wildman–Crippen MR) is 101 cm³/mol. The Morgan fingerprint density at radius 2 is 2.04 bits per heavy atom. The van der Waals surface area contributed by atoms with E-state index in [2.05, 4.69) is 29.1 Å². The van der Waals surface area contributed by atoms with Crippen LogP contribution in [0.2, 0.25) is 0 Å². The normalized spacial score (nSPS) is 11.2. The fraction of sp³-hybridized carbons (Fsp3) is 0.350. The van der Waals surface area contributed by atoms with Crippen molar-refractivity contribution in [2.75, 3.05) is 13.2 Å². The fourth-order valence-electron chi connectivity index (χ4n) is 2.58. The number of fused-ring (bicyclic) bond motifs is 1. The first kappa shape index (κ1) is 18.1. The van der Waals surface area contributed by atoms with Gasteiger partial charge in [-0.2, -0.15) is 0 Å². The third kappa shape index (κ3) is 4.67. The molecule has 0 bridgehead atoms. The van der Waals surface area contributed by atoms with E-state index in [1.807, 2.05) is 41.0 Å². The quantitative estimate of drug-likeness (QED) is 0.633. The summed E-state index contributed by atoms with van der Waals surface area (Å²) in [6.07, 6.45) is 3.92. The highest BCUT2D eigenvalue weighted by atomic mass is 16.5. The summed E-state index contributed by atoms with van der Waals surface area (Å²) >= 11 is 0. The van der Waals surface area contributed by atoms with E-state index >= 15 is 0 Å². The molecule has 136 valence electrons. The van der Waals surface area contributed by atoms with Gasteiger partial charge in [-0.25, -0.2) is 9.97 Å². The molecule has 6 nitrogen and oxygen atoms in total. The van der Waals surface area contributed by atoms with Gasteiger partial charge in [-0.1, -0.05) is 32.0 Å². The maximum atomic E-state index is 11.8. The molecule has 1 N–H and O–H groups in total. The number of nitrogens with one attached hydrogen (secondary N) is 1. The van der Waals surface area contributed by atoms with Crippen LogP contribution in [0.1, 0.15) is 25.8 Å². The molecule has 6 heteroatoms. The first-order chi connectivity index (χ1) is 12.6. The monoisotopic (exact) mass is 352 g/mol. The molecule has 0 aliphatic carbocycles. The van der Waals surface area contributed by atoms with Gasteiger partial charge in [-0.3, -0.25) is 9.36 Å². The van der Waals surface area contributed by atoms with Gasteiger partial charge < -0.3 is 10.1 Å². The smallest absolute Gasteiger partial charge is 0.222 e. The molecule has 2 heterocycles. The summed E-state index contributed by atoms with van der Waals surface area (Å²) in [5.41, 5.74) is 2.90. The van der Waals surface area contributed by atoms with Crippen molar-refractivity contribution in [3.8, 4) is 5.82 Å². The Morgan fingerprint density at radius 3 is 2.81 bits per heavy atom. The number of pyridine rings is 1. The Labute approximate surface area is 153 Å². The van der Waals surface area contributed by atoms with Gasteiger partial charge in [0.1, 0.15) is 12.1 Å². The van der Waals surface area contributed by atoms with Gasteiger partial charge in [-0.15, -0.1) is 0 Å². The maximum absolute atomic E-state index is 11.8. The van der Waals surface area contributed by atoms with E-state index < -0.39 is 0 Å². The summed E-state index contributed by atoms with van der Waals surface area (Å²) in [7, 11) is 0. The third-order valence-electron chi connectivity index (χ3n) is 3.92. The molecule has 0 spiro atoms. The number of nitrogens with zero attached hydrogens (tertiary/aromatic N) is 3. The molecule has 0 radical (unpaired) electrons. The van der Waals surface area contributed by atoms with Crippen molar-refractivity contribution < 1.29 is 9.53 Å². The maximum Gasteiger partial charge on any atom is 0.222 e. The van der Waals surface area contributed by atoms with Crippen LogP contribution in [0.3, 0.4) is 0 Å². The Kier molecular flexibility index (Phi) is 5.96. The number of carbonyl (C=O) groups excluding carboxylic acids is 1. The molecule has 0 atom stereocenters. The molecule has 3 aromatic rings. The lowest BCUT2D eigenvalue weighted by molar-refractivity contribution is -0.122. The van der Waals surface area contributed by atoms with Gasteiger partial charge in [-0.05, 0) is 29.7 Å². The van der Waals surface area contributed by atoms with E-state index in [0.29, 0.717) is 32.1 Å². The summed E-state index contributed by atoms with van der Waals surface area (Å²) in [6, 6.07) is 11.8. The van der Waals surface area contributed by atoms with Crippen LogP contribution in [0.25, 0.3) is 16.9 Å². The molecular weight excluding hydrogens is 328 g/mol. The number of imidazole rings is 1. The number of hydrogen-bond acceptors (Lipinski definition) is 4. The molecule has 2 aromatic heterocycles. The zero-order valence-electron chi connectivity index (χ0n) is 15.2. The summed E-state index contributed by atoms with van der Waals surface area (Å²) in [5.74, 6) is 1.27. The van der Waals surface area contributed by atoms with Crippen molar-refractivity contribution in [3.63, 3.8) is 0 Å². The average molecular weight is 352 g/mol. The van der Waals surface area contributed by atoms with Crippen LogP contribution in [0.4, 0.5) is 0 Å². The second-order valence-electron chi connectivity index (χ2n) is 6.62. The first-order valence-electron chi connectivity index (χ1n) is 8.85. The van der Waals surface area contributed by atoms with Gasteiger partial charge in [0.15, 0.2) is 0 Å². The minimum Gasteiger partial charge on any atom is -0.381 e. The molecule has 0 aliphatic rings. The number of aromatic nitrogens is 3. The highest BCUT2D eigenvalue weighted by Gasteiger charge is 2.06. The Bertz CT molecular complexity index is 856. The van der Waals surface area contributed by atoms with Crippen molar-refractivity contribution in [2.45, 2.75) is 26.8 Å². The molecule has 1 amide bonds. The molecule has 0 saturated heterocycles. The zero-order valence-corrected chi connectivity index (χ0v) is 15.2. The number of benzene rings is 1. The van der Waals surface area contributed by atoms with E-state index in [4.69, 9.17) is 4.74 Å². The van der Waals surface area contributed by atoms with E-state index in [1.165, 1.54) is 0 Å². The minimum absolute atomic E-state index is 0.0153. The molecular formula is C20H24N4O2. The highest BCUT2D eigenvalue weighted by Crippen LogP contribution is 2.16. The van der Waals surface area contributed by atoms with Gasteiger partial charge in [0.2, 0.25) is 5.91 Å². The van der Waals surface area contributed by atoms with Crippen LogP contribution in [0.15, 0.2) is 48.9 Å². The number of para-hydroxylation sites is 2. The van der Waals surface area contributed by atoms with E-state index in [0.717, 1.165) is 22.4 Å². The summed E-state index contributed by atoms with van der Waals surface area (Å²) in [6.45, 7) is 5.77. The standard InChI is InChI=1S/C20H24N4O2/c1-15(2)13-26-10-9-20(25)22-12-16-7-8-19(21-11-16)24-14-23-17-5-3-4-6-18(17)24/h3-8,11,14-15H,9-10,12-13H2,1-2H3,(H,22,25). The second kappa shape index (κ2) is 8.58. The van der Waals surface area contributed by atoms with Crippen LogP contribution < -0.4 is 5.32 Å². The summed E-state index contributed by atoms with van der Waals surface area (Å²) in [5, 5.41) is 2.89. The first-order valence-corrected chi connectivity index (χ1v) is 8.85. The lowest BCUT2D eigenvalue weighted by Crippen LogP contribution is -2.24. The Morgan fingerprint density at radius 1 is 1.19 bits per heavy atom. The molecule has 0 fully saturated rings. The van der Waals surface area contributed by atoms with Gasteiger partial charge in [0, 0.05) is 25.8 Å². The van der Waals surface area contributed by atoms with Crippen LogP contribution in [-0.2, 0) is 16.1 Å². The molecule has 0 unspecified atom stereocenters. The number of rotatable bonds is 8. The number of carbonyl (C=O) groups is 1. The van der Waals surface area contributed by atoms with Gasteiger partial charge in [0.05, 0.1) is 17.6 Å². The third-order valence-corrected chi connectivity index (χ3v) is 3.92.